The number of hydrogen-bond acceptors (Lipinski definition) is 1. The standard InChI is InChI=1S/C19H13FN2/c20-16-10-11-17-18(12-16)22-19(21-17)15-8-6-14(7-9-15)13-4-2-1-3-5-13/h1-12H,(H,21,22). The molecule has 0 spiro atoms. The van der Waals surface area contributed by atoms with Crippen molar-refractivity contribution in [3.05, 3.63) is 78.6 Å². The van der Waals surface area contributed by atoms with Gasteiger partial charge in [0, 0.05) is 5.56 Å². The highest BCUT2D eigenvalue weighted by molar-refractivity contribution is 5.79. The number of hydrogen-bond donors (Lipinski definition) is 1. The van der Waals surface area contributed by atoms with E-state index < -0.39 is 0 Å². The van der Waals surface area contributed by atoms with Gasteiger partial charge in [-0.25, -0.2) is 9.37 Å². The fourth-order valence-electron chi connectivity index (χ4n) is 2.57. The van der Waals surface area contributed by atoms with Crippen LogP contribution in [0, 0.1) is 5.82 Å². The lowest BCUT2D eigenvalue weighted by Crippen LogP contribution is -1.81. The van der Waals surface area contributed by atoms with Crippen LogP contribution >= 0.6 is 0 Å². The summed E-state index contributed by atoms with van der Waals surface area (Å²) < 4.78 is 13.2. The molecule has 2 nitrogen and oxygen atoms in total. The Balaban J connectivity index is 1.73. The maximum Gasteiger partial charge on any atom is 0.138 e. The lowest BCUT2D eigenvalue weighted by atomic mass is 10.0. The maximum atomic E-state index is 13.2. The zero-order valence-electron chi connectivity index (χ0n) is 11.8. The normalized spacial score (nSPS) is 11.0. The van der Waals surface area contributed by atoms with Crippen LogP contribution in [0.25, 0.3) is 33.5 Å². The van der Waals surface area contributed by atoms with Crippen LogP contribution in [0.5, 0.6) is 0 Å². The summed E-state index contributed by atoms with van der Waals surface area (Å²) in [7, 11) is 0. The molecule has 106 valence electrons. The van der Waals surface area contributed by atoms with Gasteiger partial charge < -0.3 is 4.98 Å². The molecule has 0 radical (unpaired) electrons. The summed E-state index contributed by atoms with van der Waals surface area (Å²) in [6.07, 6.45) is 0. The van der Waals surface area contributed by atoms with Crippen LogP contribution < -0.4 is 0 Å². The first-order valence-corrected chi connectivity index (χ1v) is 7.11. The molecule has 0 fully saturated rings. The smallest absolute Gasteiger partial charge is 0.138 e. The number of fused-ring (bicyclic) bond motifs is 1. The molecule has 1 N–H and O–H groups in total. The van der Waals surface area contributed by atoms with Crippen LogP contribution in [0.2, 0.25) is 0 Å². The molecule has 4 rings (SSSR count). The van der Waals surface area contributed by atoms with E-state index in [9.17, 15) is 4.39 Å². The second kappa shape index (κ2) is 5.11. The molecular weight excluding hydrogens is 275 g/mol. The van der Waals surface area contributed by atoms with Crippen molar-refractivity contribution in [2.75, 3.05) is 0 Å². The van der Waals surface area contributed by atoms with Crippen LogP contribution in [0.4, 0.5) is 4.39 Å². The van der Waals surface area contributed by atoms with Crippen molar-refractivity contribution >= 4 is 11.0 Å². The van der Waals surface area contributed by atoms with Gasteiger partial charge in [-0.3, -0.25) is 0 Å². The summed E-state index contributed by atoms with van der Waals surface area (Å²) in [5.41, 5.74) is 4.80. The average Bonchev–Trinajstić information content (AvgIpc) is 2.99. The summed E-state index contributed by atoms with van der Waals surface area (Å²) in [5.74, 6) is 0.488. The number of rotatable bonds is 2. The Morgan fingerprint density at radius 3 is 2.18 bits per heavy atom. The minimum Gasteiger partial charge on any atom is -0.338 e. The van der Waals surface area contributed by atoms with Gasteiger partial charge >= 0.3 is 0 Å². The highest BCUT2D eigenvalue weighted by Crippen LogP contribution is 2.25. The van der Waals surface area contributed by atoms with Crippen molar-refractivity contribution in [2.24, 2.45) is 0 Å². The van der Waals surface area contributed by atoms with Gasteiger partial charge in [-0.2, -0.15) is 0 Å². The monoisotopic (exact) mass is 288 g/mol. The summed E-state index contributed by atoms with van der Waals surface area (Å²) in [4.78, 5) is 7.67. The van der Waals surface area contributed by atoms with Crippen LogP contribution in [-0.4, -0.2) is 9.97 Å². The third-order valence-electron chi connectivity index (χ3n) is 3.71. The molecule has 22 heavy (non-hydrogen) atoms. The molecule has 0 aliphatic rings. The first-order valence-electron chi connectivity index (χ1n) is 7.11. The van der Waals surface area contributed by atoms with Gasteiger partial charge in [0.2, 0.25) is 0 Å². The number of H-pyrrole nitrogens is 1. The van der Waals surface area contributed by atoms with Gasteiger partial charge in [-0.05, 0) is 29.3 Å². The Kier molecular flexibility index (Phi) is 2.97. The number of aromatic amines is 1. The average molecular weight is 288 g/mol. The molecule has 1 heterocycles. The zero-order chi connectivity index (χ0) is 14.9. The van der Waals surface area contributed by atoms with Crippen molar-refractivity contribution in [3.8, 4) is 22.5 Å². The Morgan fingerprint density at radius 1 is 0.727 bits per heavy atom. The quantitative estimate of drug-likeness (QED) is 0.550. The number of nitrogens with zero attached hydrogens (tertiary/aromatic N) is 1. The third kappa shape index (κ3) is 2.27. The highest BCUT2D eigenvalue weighted by Gasteiger charge is 2.06. The third-order valence-corrected chi connectivity index (χ3v) is 3.71. The van der Waals surface area contributed by atoms with Gasteiger partial charge in [0.05, 0.1) is 11.0 Å². The molecule has 0 aliphatic carbocycles. The molecule has 0 atom stereocenters. The second-order valence-corrected chi connectivity index (χ2v) is 5.19. The fraction of sp³-hybridized carbons (Fsp3) is 0. The van der Waals surface area contributed by atoms with Crippen molar-refractivity contribution < 1.29 is 4.39 Å². The van der Waals surface area contributed by atoms with Crippen molar-refractivity contribution in [2.45, 2.75) is 0 Å². The zero-order valence-corrected chi connectivity index (χ0v) is 11.8. The minimum atomic E-state index is -0.262. The molecular formula is C19H13FN2. The molecule has 3 heteroatoms. The second-order valence-electron chi connectivity index (χ2n) is 5.19. The summed E-state index contributed by atoms with van der Waals surface area (Å²) in [5, 5.41) is 0. The SMILES string of the molecule is Fc1ccc2nc(-c3ccc(-c4ccccc4)cc3)[nH]c2c1. The van der Waals surface area contributed by atoms with E-state index in [0.29, 0.717) is 5.52 Å². The fourth-order valence-corrected chi connectivity index (χ4v) is 2.57. The first-order chi connectivity index (χ1) is 10.8. The van der Waals surface area contributed by atoms with E-state index in [2.05, 4.69) is 34.2 Å². The van der Waals surface area contributed by atoms with Gasteiger partial charge in [-0.1, -0.05) is 54.6 Å². The van der Waals surface area contributed by atoms with Gasteiger partial charge in [0.25, 0.3) is 0 Å². The lowest BCUT2D eigenvalue weighted by Gasteiger charge is -2.02. The number of benzene rings is 3. The summed E-state index contributed by atoms with van der Waals surface area (Å²) >= 11 is 0. The molecule has 0 unspecified atom stereocenters. The van der Waals surface area contributed by atoms with E-state index >= 15 is 0 Å². The van der Waals surface area contributed by atoms with E-state index in [1.54, 1.807) is 6.07 Å². The van der Waals surface area contributed by atoms with E-state index in [-0.39, 0.29) is 5.82 Å². The maximum absolute atomic E-state index is 13.2. The number of aromatic nitrogens is 2. The van der Waals surface area contributed by atoms with Crippen LogP contribution in [0.3, 0.4) is 0 Å². The molecule has 0 bridgehead atoms. The number of imidazole rings is 1. The Morgan fingerprint density at radius 2 is 1.41 bits per heavy atom. The molecule has 4 aromatic rings. The van der Waals surface area contributed by atoms with E-state index in [1.807, 2.05) is 30.3 Å². The predicted octanol–water partition coefficient (Wildman–Crippen LogP) is 5.04. The van der Waals surface area contributed by atoms with E-state index in [1.165, 1.54) is 17.7 Å². The van der Waals surface area contributed by atoms with Crippen LogP contribution in [0.1, 0.15) is 0 Å². The molecule has 0 saturated heterocycles. The largest absolute Gasteiger partial charge is 0.338 e. The van der Waals surface area contributed by atoms with E-state index in [0.717, 1.165) is 22.5 Å². The Bertz CT molecular complexity index is 925. The first kappa shape index (κ1) is 12.8. The number of nitrogens with one attached hydrogen (secondary N) is 1. The molecule has 1 aromatic heterocycles. The molecule has 0 saturated carbocycles. The van der Waals surface area contributed by atoms with Crippen molar-refractivity contribution in [1.82, 2.24) is 9.97 Å². The van der Waals surface area contributed by atoms with E-state index in [4.69, 9.17) is 0 Å². The molecule has 0 aliphatic heterocycles. The van der Waals surface area contributed by atoms with Gasteiger partial charge in [0.15, 0.2) is 0 Å². The van der Waals surface area contributed by atoms with Crippen molar-refractivity contribution in [1.29, 1.82) is 0 Å². The van der Waals surface area contributed by atoms with Crippen LogP contribution in [0.15, 0.2) is 72.8 Å². The molecule has 0 amide bonds. The number of halogens is 1. The minimum absolute atomic E-state index is 0.262. The lowest BCUT2D eigenvalue weighted by molar-refractivity contribution is 0.629. The topological polar surface area (TPSA) is 28.7 Å². The highest BCUT2D eigenvalue weighted by atomic mass is 19.1. The Hall–Kier alpha value is -2.94. The van der Waals surface area contributed by atoms with Crippen molar-refractivity contribution in [3.63, 3.8) is 0 Å². The molecule has 3 aromatic carbocycles. The predicted molar refractivity (Wildman–Crippen MR) is 86.9 cm³/mol. The summed E-state index contributed by atoms with van der Waals surface area (Å²) in [6, 6.07) is 23.0. The summed E-state index contributed by atoms with van der Waals surface area (Å²) in [6.45, 7) is 0. The van der Waals surface area contributed by atoms with Crippen LogP contribution in [-0.2, 0) is 0 Å². The Labute approximate surface area is 127 Å². The van der Waals surface area contributed by atoms with Gasteiger partial charge in [0.1, 0.15) is 11.6 Å². The van der Waals surface area contributed by atoms with Gasteiger partial charge in [-0.15, -0.1) is 0 Å².